The molecule has 56 heavy (non-hydrogen) atoms. The number of oxazole rings is 1. The summed E-state index contributed by atoms with van der Waals surface area (Å²) in [6.07, 6.45) is 0. The van der Waals surface area contributed by atoms with Gasteiger partial charge < -0.3 is 4.42 Å². The van der Waals surface area contributed by atoms with Gasteiger partial charge in [-0.25, -0.2) is 15.0 Å². The highest BCUT2D eigenvalue weighted by Gasteiger charge is 2.22. The molecule has 262 valence electrons. The van der Waals surface area contributed by atoms with E-state index in [0.29, 0.717) is 5.89 Å². The summed E-state index contributed by atoms with van der Waals surface area (Å²) >= 11 is 1.71. The summed E-state index contributed by atoms with van der Waals surface area (Å²) in [7, 11) is 0. The number of thiazole rings is 1. The smallest absolute Gasteiger partial charge is 0.227 e. The SMILES string of the molecule is c1ccc(-n2c(-n3c4ccc(-c5nc6ccc(-c7ccc8ccccc8c7)cc6o5)cc4c4cc(-c5nc6ccccc6s5)ccc43)nc3ccccc32)cc1. The molecule has 8 aromatic carbocycles. The average molecular weight is 736 g/mol. The summed E-state index contributed by atoms with van der Waals surface area (Å²) in [5.74, 6) is 1.40. The third-order valence-corrected chi connectivity index (χ3v) is 11.9. The Balaban J connectivity index is 1.06. The molecule has 0 unspecified atom stereocenters. The number of nitrogens with zero attached hydrogens (tertiary/aromatic N) is 5. The third-order valence-electron chi connectivity index (χ3n) is 10.8. The Labute approximate surface area is 324 Å². The molecule has 0 bridgehead atoms. The first-order valence-corrected chi connectivity index (χ1v) is 19.4. The molecule has 0 spiro atoms. The highest BCUT2D eigenvalue weighted by Crippen LogP contribution is 2.40. The van der Waals surface area contributed by atoms with Crippen molar-refractivity contribution >= 4 is 76.3 Å². The van der Waals surface area contributed by atoms with Gasteiger partial charge in [0.25, 0.3) is 0 Å². The van der Waals surface area contributed by atoms with Crippen LogP contribution in [0.2, 0.25) is 0 Å². The number of aromatic nitrogens is 5. The van der Waals surface area contributed by atoms with Crippen molar-refractivity contribution in [3.8, 4) is 44.8 Å². The Morgan fingerprint density at radius 1 is 0.429 bits per heavy atom. The summed E-state index contributed by atoms with van der Waals surface area (Å²) in [6, 6.07) is 61.5. The zero-order valence-corrected chi connectivity index (χ0v) is 30.6. The topological polar surface area (TPSA) is 61.7 Å². The minimum Gasteiger partial charge on any atom is -0.436 e. The average Bonchev–Trinajstić information content (AvgIpc) is 4.04. The number of benzene rings is 8. The Bertz CT molecular complexity index is 3470. The van der Waals surface area contributed by atoms with E-state index in [1.165, 1.54) is 15.5 Å². The molecular weight excluding hydrogens is 707 g/mol. The Kier molecular flexibility index (Phi) is 6.70. The van der Waals surface area contributed by atoms with Gasteiger partial charge in [0.05, 0.1) is 32.3 Å². The van der Waals surface area contributed by atoms with Crippen LogP contribution in [-0.2, 0) is 0 Å². The fraction of sp³-hybridized carbons (Fsp3) is 0. The summed E-state index contributed by atoms with van der Waals surface area (Å²) in [5, 5.41) is 5.59. The molecule has 0 fully saturated rings. The van der Waals surface area contributed by atoms with Crippen LogP contribution in [0, 0.1) is 0 Å². The maximum absolute atomic E-state index is 6.56. The van der Waals surface area contributed by atoms with E-state index < -0.39 is 0 Å². The van der Waals surface area contributed by atoms with E-state index in [4.69, 9.17) is 19.4 Å². The van der Waals surface area contributed by atoms with Crippen LogP contribution in [0.15, 0.2) is 180 Å². The van der Waals surface area contributed by atoms with E-state index in [1.807, 2.05) is 18.2 Å². The van der Waals surface area contributed by atoms with Crippen molar-refractivity contribution < 1.29 is 4.42 Å². The van der Waals surface area contributed by atoms with Crippen molar-refractivity contribution in [2.24, 2.45) is 0 Å². The van der Waals surface area contributed by atoms with Crippen LogP contribution < -0.4 is 0 Å². The minimum atomic E-state index is 0.581. The van der Waals surface area contributed by atoms with Crippen LogP contribution in [0.3, 0.4) is 0 Å². The molecule has 12 aromatic rings. The van der Waals surface area contributed by atoms with Gasteiger partial charge in [-0.1, -0.05) is 84.9 Å². The quantitative estimate of drug-likeness (QED) is 0.177. The standard InChI is InChI=1S/C49H29N5OS/c1-2-12-36(13-3-1)53-44-16-8-6-14-39(44)52-49(53)54-42-24-21-34(27-37(42)38-28-35(22-25-43(38)54)48-51-41-15-7-9-17-46(41)56-48)47-50-40-23-20-33(29-45(40)55-47)32-19-18-30-10-4-5-11-31(30)26-32/h1-29H. The van der Waals surface area contributed by atoms with Crippen LogP contribution in [0.25, 0.3) is 110 Å². The second-order valence-electron chi connectivity index (χ2n) is 14.1. The monoisotopic (exact) mass is 735 g/mol. The van der Waals surface area contributed by atoms with Gasteiger partial charge in [0.15, 0.2) is 5.58 Å². The number of fused-ring (bicyclic) bond motifs is 7. The van der Waals surface area contributed by atoms with E-state index in [9.17, 15) is 0 Å². The van der Waals surface area contributed by atoms with Crippen LogP contribution in [0.1, 0.15) is 0 Å². The molecule has 0 saturated heterocycles. The van der Waals surface area contributed by atoms with E-state index in [0.717, 1.165) is 88.4 Å². The molecule has 7 heteroatoms. The van der Waals surface area contributed by atoms with E-state index in [-0.39, 0.29) is 0 Å². The van der Waals surface area contributed by atoms with Crippen molar-refractivity contribution in [3.63, 3.8) is 0 Å². The molecule has 12 rings (SSSR count). The number of rotatable bonds is 5. The summed E-state index contributed by atoms with van der Waals surface area (Å²) in [5.41, 5.74) is 11.9. The van der Waals surface area contributed by atoms with Gasteiger partial charge in [0.1, 0.15) is 10.5 Å². The molecule has 0 saturated carbocycles. The van der Waals surface area contributed by atoms with Crippen LogP contribution in [0.5, 0.6) is 0 Å². The molecule has 0 atom stereocenters. The summed E-state index contributed by atoms with van der Waals surface area (Å²) in [4.78, 5) is 15.3. The van der Waals surface area contributed by atoms with E-state index in [2.05, 4.69) is 167 Å². The Morgan fingerprint density at radius 2 is 1.11 bits per heavy atom. The van der Waals surface area contributed by atoms with Gasteiger partial charge in [-0.15, -0.1) is 11.3 Å². The molecule has 0 N–H and O–H groups in total. The second kappa shape index (κ2) is 12.1. The first-order chi connectivity index (χ1) is 27.7. The van der Waals surface area contributed by atoms with Gasteiger partial charge in [-0.3, -0.25) is 9.13 Å². The lowest BCUT2D eigenvalue weighted by molar-refractivity contribution is 0.620. The van der Waals surface area contributed by atoms with Crippen LogP contribution >= 0.6 is 11.3 Å². The largest absolute Gasteiger partial charge is 0.436 e. The number of hydrogen-bond acceptors (Lipinski definition) is 5. The van der Waals surface area contributed by atoms with Gasteiger partial charge in [-0.05, 0) is 113 Å². The number of para-hydroxylation sites is 4. The molecule has 4 aromatic heterocycles. The Hall–Kier alpha value is -7.35. The second-order valence-corrected chi connectivity index (χ2v) is 15.2. The van der Waals surface area contributed by atoms with Crippen molar-refractivity contribution in [2.45, 2.75) is 0 Å². The lowest BCUT2D eigenvalue weighted by Gasteiger charge is -2.12. The first kappa shape index (κ1) is 31.0. The third kappa shape index (κ3) is 4.85. The minimum absolute atomic E-state index is 0.581. The molecule has 0 radical (unpaired) electrons. The molecule has 0 aliphatic rings. The van der Waals surface area contributed by atoms with Crippen LogP contribution in [0.4, 0.5) is 0 Å². The highest BCUT2D eigenvalue weighted by atomic mass is 32.1. The summed E-state index contributed by atoms with van der Waals surface area (Å²) in [6.45, 7) is 0. The van der Waals surface area contributed by atoms with E-state index in [1.54, 1.807) is 11.3 Å². The molecular formula is C49H29N5OS. The highest BCUT2D eigenvalue weighted by molar-refractivity contribution is 7.21. The van der Waals surface area contributed by atoms with Gasteiger partial charge >= 0.3 is 0 Å². The fourth-order valence-electron chi connectivity index (χ4n) is 8.09. The van der Waals surface area contributed by atoms with Crippen molar-refractivity contribution in [1.82, 2.24) is 24.1 Å². The van der Waals surface area contributed by atoms with Crippen LogP contribution in [-0.4, -0.2) is 24.1 Å². The predicted molar refractivity (Wildman–Crippen MR) is 230 cm³/mol. The molecule has 4 heterocycles. The van der Waals surface area contributed by atoms with Crippen molar-refractivity contribution in [3.05, 3.63) is 176 Å². The van der Waals surface area contributed by atoms with Gasteiger partial charge in [0, 0.05) is 27.6 Å². The fourth-order valence-corrected chi connectivity index (χ4v) is 9.05. The zero-order valence-electron chi connectivity index (χ0n) is 29.8. The maximum atomic E-state index is 6.56. The predicted octanol–water partition coefficient (Wildman–Crippen LogP) is 13.0. The summed E-state index contributed by atoms with van der Waals surface area (Å²) < 4.78 is 12.3. The molecule has 6 nitrogen and oxygen atoms in total. The van der Waals surface area contributed by atoms with Gasteiger partial charge in [-0.2, -0.15) is 0 Å². The van der Waals surface area contributed by atoms with Crippen molar-refractivity contribution in [2.75, 3.05) is 0 Å². The maximum Gasteiger partial charge on any atom is 0.227 e. The van der Waals surface area contributed by atoms with Crippen molar-refractivity contribution in [1.29, 1.82) is 0 Å². The number of hydrogen-bond donors (Lipinski definition) is 0. The molecule has 0 aliphatic heterocycles. The Morgan fingerprint density at radius 3 is 1.96 bits per heavy atom. The van der Waals surface area contributed by atoms with E-state index >= 15 is 0 Å². The molecule has 0 amide bonds. The lowest BCUT2D eigenvalue weighted by Crippen LogP contribution is -2.05. The normalized spacial score (nSPS) is 11.9. The lowest BCUT2D eigenvalue weighted by atomic mass is 10.0. The first-order valence-electron chi connectivity index (χ1n) is 18.6. The van der Waals surface area contributed by atoms with Gasteiger partial charge in [0.2, 0.25) is 11.8 Å². The molecule has 0 aliphatic carbocycles. The zero-order chi connectivity index (χ0) is 36.7. The number of imidazole rings is 1.